The normalized spacial score (nSPS) is 16.9. The summed E-state index contributed by atoms with van der Waals surface area (Å²) >= 11 is 6.78. The van der Waals surface area contributed by atoms with Crippen LogP contribution in [0, 0.1) is 22.7 Å². The van der Waals surface area contributed by atoms with Crippen molar-refractivity contribution in [3.05, 3.63) is 40.2 Å². The molecule has 5 rings (SSSR count). The van der Waals surface area contributed by atoms with Crippen LogP contribution in [0.3, 0.4) is 0 Å². The zero-order valence-electron chi connectivity index (χ0n) is 18.7. The van der Waals surface area contributed by atoms with Crippen LogP contribution in [-0.4, -0.2) is 56.4 Å². The maximum atomic E-state index is 12.7. The molecule has 3 heterocycles. The highest BCUT2D eigenvalue weighted by Crippen LogP contribution is 2.38. The van der Waals surface area contributed by atoms with Gasteiger partial charge in [0, 0.05) is 6.04 Å². The number of hydrogen-bond donors (Lipinski definition) is 2. The number of nitrogens with one attached hydrogen (secondary N) is 2. The summed E-state index contributed by atoms with van der Waals surface area (Å²) in [4.78, 5) is 15.0. The third-order valence-corrected chi connectivity index (χ3v) is 6.68. The standard InChI is InChI=1S/C23H22ClF2N9/c24-20-17(14-3-5-34(6-4-14)12-19(25)26)7-13(9-27)8-18(20)31-21-32-22(29-15-1-2-15)35-11-16(10-28)30-23(35)33-21/h7-8,11,14-15,19H,1-6,12H2,(H2,29,30,31,32,33). The summed E-state index contributed by atoms with van der Waals surface area (Å²) in [5.74, 6) is 1.09. The smallest absolute Gasteiger partial charge is 0.251 e. The maximum Gasteiger partial charge on any atom is 0.251 e. The van der Waals surface area contributed by atoms with Crippen LogP contribution >= 0.6 is 11.6 Å². The maximum absolute atomic E-state index is 12.7. The molecule has 3 aromatic rings. The van der Waals surface area contributed by atoms with Crippen molar-refractivity contribution in [2.75, 3.05) is 30.3 Å². The molecule has 2 aliphatic rings. The molecule has 1 saturated carbocycles. The van der Waals surface area contributed by atoms with Crippen molar-refractivity contribution >= 4 is 35.0 Å². The minimum atomic E-state index is -2.36. The Kier molecular flexibility index (Phi) is 6.37. The number of nitriles is 2. The summed E-state index contributed by atoms with van der Waals surface area (Å²) in [5.41, 5.74) is 1.92. The summed E-state index contributed by atoms with van der Waals surface area (Å²) in [7, 11) is 0. The number of piperidine rings is 1. The SMILES string of the molecule is N#Cc1cc(Nc2nc(NC3CC3)n3cc(C#N)nc3n2)c(Cl)c(C2CCN(CC(F)F)CC2)c1. The fourth-order valence-corrected chi connectivity index (χ4v) is 4.65. The van der Waals surface area contributed by atoms with Gasteiger partial charge >= 0.3 is 0 Å². The first-order valence-electron chi connectivity index (χ1n) is 11.4. The van der Waals surface area contributed by atoms with Gasteiger partial charge in [-0.2, -0.15) is 25.5 Å². The molecule has 1 aliphatic heterocycles. The summed E-state index contributed by atoms with van der Waals surface area (Å²) in [5, 5.41) is 25.7. The van der Waals surface area contributed by atoms with E-state index in [4.69, 9.17) is 11.6 Å². The lowest BCUT2D eigenvalue weighted by molar-refractivity contribution is 0.0754. The van der Waals surface area contributed by atoms with E-state index in [1.165, 1.54) is 0 Å². The van der Waals surface area contributed by atoms with Crippen LogP contribution in [-0.2, 0) is 0 Å². The summed E-state index contributed by atoms with van der Waals surface area (Å²) in [6, 6.07) is 7.88. The van der Waals surface area contributed by atoms with Crippen LogP contribution in [0.25, 0.3) is 5.78 Å². The van der Waals surface area contributed by atoms with Gasteiger partial charge in [-0.3, -0.25) is 9.30 Å². The molecule has 0 spiro atoms. The fraction of sp³-hybridized carbons (Fsp3) is 0.435. The third-order valence-electron chi connectivity index (χ3n) is 6.26. The van der Waals surface area contributed by atoms with Crippen LogP contribution in [0.15, 0.2) is 18.3 Å². The van der Waals surface area contributed by atoms with E-state index in [1.54, 1.807) is 27.6 Å². The van der Waals surface area contributed by atoms with E-state index in [-0.39, 0.29) is 24.1 Å². The lowest BCUT2D eigenvalue weighted by Gasteiger charge is -2.32. The number of nitrogens with zero attached hydrogens (tertiary/aromatic N) is 7. The summed E-state index contributed by atoms with van der Waals surface area (Å²) < 4.78 is 27.1. The zero-order valence-corrected chi connectivity index (χ0v) is 19.4. The molecule has 0 unspecified atom stereocenters. The quantitative estimate of drug-likeness (QED) is 0.496. The Labute approximate surface area is 205 Å². The Morgan fingerprint density at radius 1 is 1.09 bits per heavy atom. The van der Waals surface area contributed by atoms with E-state index in [0.717, 1.165) is 18.4 Å². The lowest BCUT2D eigenvalue weighted by Crippen LogP contribution is -2.36. The molecule has 9 nitrogen and oxygen atoms in total. The van der Waals surface area contributed by atoms with Crippen molar-refractivity contribution in [3.8, 4) is 12.1 Å². The predicted octanol–water partition coefficient (Wildman–Crippen LogP) is 4.28. The highest BCUT2D eigenvalue weighted by molar-refractivity contribution is 6.34. The number of imidazole rings is 1. The van der Waals surface area contributed by atoms with Crippen molar-refractivity contribution < 1.29 is 8.78 Å². The van der Waals surface area contributed by atoms with E-state index >= 15 is 0 Å². The molecular formula is C23H22ClF2N9. The van der Waals surface area contributed by atoms with Crippen LogP contribution in [0.4, 0.5) is 26.4 Å². The number of aromatic nitrogens is 4. The Morgan fingerprint density at radius 2 is 1.86 bits per heavy atom. The van der Waals surface area contributed by atoms with E-state index < -0.39 is 6.43 Å². The van der Waals surface area contributed by atoms with Gasteiger partial charge in [-0.25, -0.2) is 8.78 Å². The predicted molar refractivity (Wildman–Crippen MR) is 126 cm³/mol. The molecule has 12 heteroatoms. The first-order chi connectivity index (χ1) is 16.9. The highest BCUT2D eigenvalue weighted by atomic mass is 35.5. The van der Waals surface area contributed by atoms with E-state index in [1.807, 2.05) is 6.07 Å². The van der Waals surface area contributed by atoms with E-state index in [9.17, 15) is 19.3 Å². The number of anilines is 3. The first kappa shape index (κ1) is 23.2. The molecule has 2 N–H and O–H groups in total. The second-order valence-electron chi connectivity index (χ2n) is 8.83. The molecule has 2 fully saturated rings. The number of alkyl halides is 2. The van der Waals surface area contributed by atoms with E-state index in [2.05, 4.69) is 31.7 Å². The van der Waals surface area contributed by atoms with Gasteiger partial charge in [0.15, 0.2) is 5.69 Å². The topological polar surface area (TPSA) is 118 Å². The largest absolute Gasteiger partial charge is 0.352 e. The number of benzene rings is 1. The van der Waals surface area contributed by atoms with Gasteiger partial charge < -0.3 is 10.6 Å². The molecular weight excluding hydrogens is 476 g/mol. The Balaban J connectivity index is 1.44. The van der Waals surface area contributed by atoms with Gasteiger partial charge in [-0.05, 0) is 62.4 Å². The number of likely N-dealkylation sites (tertiary alicyclic amines) is 1. The van der Waals surface area contributed by atoms with Crippen LogP contribution in [0.2, 0.25) is 5.02 Å². The van der Waals surface area contributed by atoms with Crippen molar-refractivity contribution in [2.24, 2.45) is 0 Å². The first-order valence-corrected chi connectivity index (χ1v) is 11.8. The summed E-state index contributed by atoms with van der Waals surface area (Å²) in [6.07, 6.45) is 2.62. The molecule has 0 radical (unpaired) electrons. The molecule has 1 aromatic carbocycles. The minimum absolute atomic E-state index is 0.0475. The molecule has 180 valence electrons. The Morgan fingerprint density at radius 3 is 2.51 bits per heavy atom. The monoisotopic (exact) mass is 497 g/mol. The number of fused-ring (bicyclic) bond motifs is 1. The molecule has 0 amide bonds. The van der Waals surface area contributed by atoms with Crippen molar-refractivity contribution in [2.45, 2.75) is 44.1 Å². The molecule has 2 aromatic heterocycles. The second kappa shape index (κ2) is 9.61. The Bertz CT molecular complexity index is 1330. The second-order valence-corrected chi connectivity index (χ2v) is 9.21. The van der Waals surface area contributed by atoms with Gasteiger partial charge in [-0.1, -0.05) is 11.6 Å². The van der Waals surface area contributed by atoms with E-state index in [0.29, 0.717) is 60.0 Å². The van der Waals surface area contributed by atoms with Gasteiger partial charge in [0.2, 0.25) is 17.7 Å². The van der Waals surface area contributed by atoms with Crippen LogP contribution < -0.4 is 10.6 Å². The highest BCUT2D eigenvalue weighted by Gasteiger charge is 2.26. The minimum Gasteiger partial charge on any atom is -0.352 e. The average molecular weight is 498 g/mol. The van der Waals surface area contributed by atoms with Crippen LogP contribution in [0.1, 0.15) is 48.4 Å². The van der Waals surface area contributed by atoms with Crippen molar-refractivity contribution in [3.63, 3.8) is 0 Å². The molecule has 0 bridgehead atoms. The third kappa shape index (κ3) is 5.11. The lowest BCUT2D eigenvalue weighted by atomic mass is 9.88. The van der Waals surface area contributed by atoms with Gasteiger partial charge in [0.1, 0.15) is 6.07 Å². The van der Waals surface area contributed by atoms with Crippen LogP contribution in [0.5, 0.6) is 0 Å². The van der Waals surface area contributed by atoms with Gasteiger partial charge in [-0.15, -0.1) is 0 Å². The number of hydrogen-bond acceptors (Lipinski definition) is 8. The number of rotatable bonds is 7. The molecule has 1 saturated heterocycles. The zero-order chi connectivity index (χ0) is 24.5. The average Bonchev–Trinajstić information content (AvgIpc) is 3.56. The fourth-order valence-electron chi connectivity index (χ4n) is 4.34. The van der Waals surface area contributed by atoms with Gasteiger partial charge in [0.25, 0.3) is 6.43 Å². The summed E-state index contributed by atoms with van der Waals surface area (Å²) in [6.45, 7) is 0.855. The van der Waals surface area contributed by atoms with Crippen molar-refractivity contribution in [1.82, 2.24) is 24.3 Å². The van der Waals surface area contributed by atoms with Crippen molar-refractivity contribution in [1.29, 1.82) is 10.5 Å². The molecule has 0 atom stereocenters. The Hall–Kier alpha value is -3.54. The molecule has 1 aliphatic carbocycles. The molecule has 35 heavy (non-hydrogen) atoms. The van der Waals surface area contributed by atoms with Gasteiger partial charge in [0.05, 0.1) is 35.1 Å². The number of halogens is 3.